The van der Waals surface area contributed by atoms with E-state index in [1.807, 2.05) is 0 Å². The van der Waals surface area contributed by atoms with Crippen molar-refractivity contribution in [1.29, 1.82) is 0 Å². The molecule has 0 aromatic carbocycles. The van der Waals surface area contributed by atoms with Gasteiger partial charge in [-0.15, -0.1) is 0 Å². The van der Waals surface area contributed by atoms with Gasteiger partial charge in [-0.25, -0.2) is 0 Å². The van der Waals surface area contributed by atoms with Gasteiger partial charge in [0, 0.05) is 0 Å². The molecule has 0 aromatic rings. The number of hydrogen-bond acceptors (Lipinski definition) is 10. The smallest absolute Gasteiger partial charge is 0.187 e. The fraction of sp³-hybridized carbons (Fsp3) is 1.00. The average Bonchev–Trinajstić information content (AvgIpc) is 2.49. The van der Waals surface area contributed by atoms with Crippen molar-refractivity contribution in [2.24, 2.45) is 0 Å². The van der Waals surface area contributed by atoms with Crippen LogP contribution in [0.5, 0.6) is 0 Å². The Labute approximate surface area is 126 Å². The zero-order chi connectivity index (χ0) is 16.6. The maximum atomic E-state index is 9.92. The first-order chi connectivity index (χ1) is 10.3. The highest BCUT2D eigenvalue weighted by molar-refractivity contribution is 4.92. The van der Waals surface area contributed by atoms with Crippen molar-refractivity contribution in [3.8, 4) is 0 Å². The van der Waals surface area contributed by atoms with E-state index in [0.29, 0.717) is 0 Å². The molecule has 0 spiro atoms. The van der Waals surface area contributed by atoms with Gasteiger partial charge in [0.05, 0.1) is 12.7 Å². The van der Waals surface area contributed by atoms with Crippen LogP contribution in [0.1, 0.15) is 6.92 Å². The molecule has 10 nitrogen and oxygen atoms in total. The Morgan fingerprint density at radius 1 is 0.818 bits per heavy atom. The lowest BCUT2D eigenvalue weighted by Gasteiger charge is -2.44. The van der Waals surface area contributed by atoms with Crippen molar-refractivity contribution in [2.45, 2.75) is 68.3 Å². The minimum atomic E-state index is -1.64. The summed E-state index contributed by atoms with van der Waals surface area (Å²) >= 11 is 0. The third-order valence-electron chi connectivity index (χ3n) is 3.94. The van der Waals surface area contributed by atoms with E-state index in [2.05, 4.69) is 0 Å². The molecule has 22 heavy (non-hydrogen) atoms. The number of aliphatic hydroxyl groups excluding tert-OH is 7. The summed E-state index contributed by atoms with van der Waals surface area (Å²) in [5.41, 5.74) is 0. The number of rotatable bonds is 3. The Kier molecular flexibility index (Phi) is 5.72. The Bertz CT molecular complexity index is 366. The molecule has 2 saturated heterocycles. The van der Waals surface area contributed by atoms with E-state index in [-0.39, 0.29) is 0 Å². The molecule has 0 aromatic heterocycles. The van der Waals surface area contributed by atoms with Crippen molar-refractivity contribution in [3.05, 3.63) is 0 Å². The first-order valence-electron chi connectivity index (χ1n) is 6.93. The van der Waals surface area contributed by atoms with Gasteiger partial charge >= 0.3 is 0 Å². The quantitative estimate of drug-likeness (QED) is 0.269. The molecule has 0 amide bonds. The minimum absolute atomic E-state index is 0.620. The standard InChI is InChI=1S/C12H22O10/c1-3-10(7(16)8(17)11(19)20-3)22-12-9(18)6(15)5(14)4(2-13)21-12/h3-19H,2H2,1H3/t3-,4+,5-,6-,7-,8-,9+,10+,11+,12+/m0/s1. The van der Waals surface area contributed by atoms with Gasteiger partial charge in [-0.3, -0.25) is 0 Å². The highest BCUT2D eigenvalue weighted by atomic mass is 16.7. The minimum Gasteiger partial charge on any atom is -0.394 e. The number of aliphatic hydroxyl groups is 7. The third kappa shape index (κ3) is 3.26. The lowest BCUT2D eigenvalue weighted by Crippen LogP contribution is -2.63. The lowest BCUT2D eigenvalue weighted by atomic mass is 9.97. The maximum absolute atomic E-state index is 9.92. The molecule has 0 aliphatic carbocycles. The van der Waals surface area contributed by atoms with Crippen LogP contribution in [0.2, 0.25) is 0 Å². The highest BCUT2D eigenvalue weighted by Crippen LogP contribution is 2.28. The molecule has 0 saturated carbocycles. The summed E-state index contributed by atoms with van der Waals surface area (Å²) in [4.78, 5) is 0. The van der Waals surface area contributed by atoms with Crippen molar-refractivity contribution < 1.29 is 50.0 Å². The SMILES string of the molecule is C[C@@H]1O[C@@H](O)[C@@H](O)[C@H](O)[C@@H]1O[C@H]1O[C@H](CO)[C@H](O)[C@H](O)[C@H]1O. The predicted molar refractivity (Wildman–Crippen MR) is 67.2 cm³/mol. The molecule has 2 rings (SSSR count). The fourth-order valence-corrected chi connectivity index (χ4v) is 2.54. The molecule has 130 valence electrons. The van der Waals surface area contributed by atoms with E-state index >= 15 is 0 Å². The molecule has 2 heterocycles. The summed E-state index contributed by atoms with van der Waals surface area (Å²) in [5.74, 6) is 0. The summed E-state index contributed by atoms with van der Waals surface area (Å²) in [6.07, 6.45) is -14.2. The van der Waals surface area contributed by atoms with Gasteiger partial charge in [-0.05, 0) is 6.92 Å². The van der Waals surface area contributed by atoms with E-state index in [1.54, 1.807) is 0 Å². The zero-order valence-electron chi connectivity index (χ0n) is 11.8. The van der Waals surface area contributed by atoms with E-state index in [1.165, 1.54) is 6.92 Å². The van der Waals surface area contributed by atoms with Crippen LogP contribution in [0.3, 0.4) is 0 Å². The number of ether oxygens (including phenoxy) is 3. The van der Waals surface area contributed by atoms with Crippen LogP contribution in [-0.2, 0) is 14.2 Å². The summed E-state index contributed by atoms with van der Waals surface area (Å²) < 4.78 is 15.5. The lowest BCUT2D eigenvalue weighted by molar-refractivity contribution is -0.351. The van der Waals surface area contributed by atoms with Crippen LogP contribution in [-0.4, -0.2) is 104 Å². The van der Waals surface area contributed by atoms with E-state index < -0.39 is 68.0 Å². The second-order valence-electron chi connectivity index (χ2n) is 5.51. The Morgan fingerprint density at radius 3 is 2.05 bits per heavy atom. The predicted octanol–water partition coefficient (Wildman–Crippen LogP) is -4.37. The monoisotopic (exact) mass is 326 g/mol. The van der Waals surface area contributed by atoms with Crippen molar-refractivity contribution in [3.63, 3.8) is 0 Å². The van der Waals surface area contributed by atoms with Gasteiger partial charge < -0.3 is 50.0 Å². The molecule has 0 radical (unpaired) electrons. The van der Waals surface area contributed by atoms with Crippen LogP contribution in [0.15, 0.2) is 0 Å². The summed E-state index contributed by atoms with van der Waals surface area (Å²) in [7, 11) is 0. The number of hydrogen-bond donors (Lipinski definition) is 7. The molecule has 2 aliphatic heterocycles. The van der Waals surface area contributed by atoms with Crippen molar-refractivity contribution >= 4 is 0 Å². The van der Waals surface area contributed by atoms with Crippen LogP contribution in [0, 0.1) is 0 Å². The molecular formula is C12H22O10. The maximum Gasteiger partial charge on any atom is 0.187 e. The Balaban J connectivity index is 2.08. The van der Waals surface area contributed by atoms with Gasteiger partial charge in [-0.1, -0.05) is 0 Å². The molecular weight excluding hydrogens is 304 g/mol. The first-order valence-corrected chi connectivity index (χ1v) is 6.93. The molecule has 2 fully saturated rings. The molecule has 7 N–H and O–H groups in total. The Hall–Kier alpha value is -0.400. The average molecular weight is 326 g/mol. The summed E-state index contributed by atoms with van der Waals surface area (Å²) in [6, 6.07) is 0. The van der Waals surface area contributed by atoms with Crippen LogP contribution in [0.4, 0.5) is 0 Å². The molecule has 10 atom stereocenters. The molecule has 0 unspecified atom stereocenters. The van der Waals surface area contributed by atoms with Crippen molar-refractivity contribution in [1.82, 2.24) is 0 Å². The van der Waals surface area contributed by atoms with E-state index in [0.717, 1.165) is 0 Å². The topological polar surface area (TPSA) is 169 Å². The van der Waals surface area contributed by atoms with E-state index in [9.17, 15) is 30.6 Å². The summed E-state index contributed by atoms with van der Waals surface area (Å²) in [5, 5.41) is 67.2. The van der Waals surface area contributed by atoms with Gasteiger partial charge in [0.25, 0.3) is 0 Å². The third-order valence-corrected chi connectivity index (χ3v) is 3.94. The summed E-state index contributed by atoms with van der Waals surface area (Å²) in [6.45, 7) is 0.846. The second kappa shape index (κ2) is 7.01. The van der Waals surface area contributed by atoms with Gasteiger partial charge in [0.1, 0.15) is 42.7 Å². The van der Waals surface area contributed by atoms with Gasteiger partial charge in [0.15, 0.2) is 12.6 Å². The first kappa shape index (κ1) is 17.9. The molecule has 10 heteroatoms. The zero-order valence-corrected chi connectivity index (χ0v) is 11.8. The molecule has 2 aliphatic rings. The highest BCUT2D eigenvalue weighted by Gasteiger charge is 2.49. The van der Waals surface area contributed by atoms with Crippen molar-refractivity contribution in [2.75, 3.05) is 6.61 Å². The van der Waals surface area contributed by atoms with Crippen LogP contribution < -0.4 is 0 Å². The van der Waals surface area contributed by atoms with E-state index in [4.69, 9.17) is 19.3 Å². The largest absolute Gasteiger partial charge is 0.394 e. The normalized spacial score (nSPS) is 53.5. The van der Waals surface area contributed by atoms with Gasteiger partial charge in [0.2, 0.25) is 0 Å². The van der Waals surface area contributed by atoms with Gasteiger partial charge in [-0.2, -0.15) is 0 Å². The second-order valence-corrected chi connectivity index (χ2v) is 5.51. The Morgan fingerprint density at radius 2 is 1.45 bits per heavy atom. The van der Waals surface area contributed by atoms with Crippen LogP contribution in [0.25, 0.3) is 0 Å². The fourth-order valence-electron chi connectivity index (χ4n) is 2.54. The molecule has 0 bridgehead atoms. The van der Waals surface area contributed by atoms with Crippen LogP contribution >= 0.6 is 0 Å².